The summed E-state index contributed by atoms with van der Waals surface area (Å²) in [6.45, 7) is 0. The zero-order chi connectivity index (χ0) is 16.7. The summed E-state index contributed by atoms with van der Waals surface area (Å²) in [5.41, 5.74) is 3.59. The first kappa shape index (κ1) is 16.4. The van der Waals surface area contributed by atoms with E-state index in [-0.39, 0.29) is 5.91 Å². The minimum atomic E-state index is -0.379. The highest BCUT2D eigenvalue weighted by Gasteiger charge is 2.12. The van der Waals surface area contributed by atoms with Crippen LogP contribution in [0.1, 0.15) is 15.9 Å². The Morgan fingerprint density at radius 3 is 2.43 bits per heavy atom. The molecule has 0 fully saturated rings. The normalized spacial score (nSPS) is 10.4. The predicted octanol–water partition coefficient (Wildman–Crippen LogP) is 2.48. The maximum absolute atomic E-state index is 12.2. The molecule has 0 atom stereocenters. The average Bonchev–Trinajstić information content (AvgIpc) is 2.61. The van der Waals surface area contributed by atoms with Crippen molar-refractivity contribution in [3.05, 3.63) is 53.6 Å². The molecule has 0 saturated heterocycles. The third-order valence-corrected chi connectivity index (χ3v) is 3.16. The Hall–Kier alpha value is -3.02. The van der Waals surface area contributed by atoms with E-state index in [1.54, 1.807) is 32.4 Å². The second kappa shape index (κ2) is 7.84. The fourth-order valence-electron chi connectivity index (χ4n) is 1.98. The summed E-state index contributed by atoms with van der Waals surface area (Å²) in [6.07, 6.45) is 1.52. The van der Waals surface area contributed by atoms with E-state index in [1.807, 2.05) is 24.3 Å². The summed E-state index contributed by atoms with van der Waals surface area (Å²) in [5, 5.41) is 3.95. The van der Waals surface area contributed by atoms with Crippen LogP contribution in [0.3, 0.4) is 0 Å². The molecule has 0 aliphatic rings. The molecule has 23 heavy (non-hydrogen) atoms. The molecule has 6 heteroatoms. The van der Waals surface area contributed by atoms with Gasteiger partial charge in [-0.1, -0.05) is 12.1 Å². The van der Waals surface area contributed by atoms with Crippen LogP contribution in [0, 0.1) is 0 Å². The lowest BCUT2D eigenvalue weighted by atomic mass is 10.2. The Morgan fingerprint density at radius 1 is 1.00 bits per heavy atom. The van der Waals surface area contributed by atoms with Crippen molar-refractivity contribution in [1.82, 2.24) is 5.43 Å². The number of amides is 1. The van der Waals surface area contributed by atoms with Gasteiger partial charge in [-0.15, -0.1) is 0 Å². The van der Waals surface area contributed by atoms with Gasteiger partial charge in [0.2, 0.25) is 0 Å². The molecule has 0 saturated carbocycles. The fraction of sp³-hybridized carbons (Fsp3) is 0.176. The van der Waals surface area contributed by atoms with Gasteiger partial charge in [0.1, 0.15) is 17.2 Å². The van der Waals surface area contributed by atoms with E-state index >= 15 is 0 Å². The second-order valence-electron chi connectivity index (χ2n) is 4.51. The quantitative estimate of drug-likeness (QED) is 0.657. The molecule has 120 valence electrons. The van der Waals surface area contributed by atoms with Crippen LogP contribution in [0.25, 0.3) is 0 Å². The number of rotatable bonds is 6. The van der Waals surface area contributed by atoms with Gasteiger partial charge in [0.05, 0.1) is 33.1 Å². The third kappa shape index (κ3) is 4.00. The van der Waals surface area contributed by atoms with Gasteiger partial charge >= 0.3 is 0 Å². The summed E-state index contributed by atoms with van der Waals surface area (Å²) >= 11 is 0. The van der Waals surface area contributed by atoms with Gasteiger partial charge in [-0.05, 0) is 24.3 Å². The lowest BCUT2D eigenvalue weighted by Crippen LogP contribution is -2.18. The third-order valence-electron chi connectivity index (χ3n) is 3.16. The SMILES string of the molecule is COc1ccc(C(=O)N/N=C\c2ccccc2OC)c(OC)c1. The number of nitrogens with one attached hydrogen (secondary N) is 1. The minimum Gasteiger partial charge on any atom is -0.497 e. The average molecular weight is 314 g/mol. The zero-order valence-electron chi connectivity index (χ0n) is 13.2. The van der Waals surface area contributed by atoms with Crippen LogP contribution in [0.2, 0.25) is 0 Å². The Kier molecular flexibility index (Phi) is 5.57. The van der Waals surface area contributed by atoms with E-state index in [4.69, 9.17) is 14.2 Å². The number of ether oxygens (including phenoxy) is 3. The van der Waals surface area contributed by atoms with Crippen molar-refractivity contribution in [1.29, 1.82) is 0 Å². The van der Waals surface area contributed by atoms with Crippen LogP contribution in [-0.2, 0) is 0 Å². The lowest BCUT2D eigenvalue weighted by molar-refractivity contribution is 0.0952. The first-order chi connectivity index (χ1) is 11.2. The highest BCUT2D eigenvalue weighted by atomic mass is 16.5. The highest BCUT2D eigenvalue weighted by molar-refractivity contribution is 5.97. The van der Waals surface area contributed by atoms with Crippen molar-refractivity contribution >= 4 is 12.1 Å². The summed E-state index contributed by atoms with van der Waals surface area (Å²) in [4.78, 5) is 12.2. The van der Waals surface area contributed by atoms with E-state index < -0.39 is 0 Å². The Labute approximate surface area is 134 Å². The Balaban J connectivity index is 2.12. The molecular weight excluding hydrogens is 296 g/mol. The largest absolute Gasteiger partial charge is 0.497 e. The van der Waals surface area contributed by atoms with E-state index in [0.717, 1.165) is 5.56 Å². The Morgan fingerprint density at radius 2 is 1.74 bits per heavy atom. The van der Waals surface area contributed by atoms with E-state index in [9.17, 15) is 4.79 Å². The Bertz CT molecular complexity index is 713. The zero-order valence-corrected chi connectivity index (χ0v) is 13.2. The van der Waals surface area contributed by atoms with Gasteiger partial charge in [-0.3, -0.25) is 4.79 Å². The van der Waals surface area contributed by atoms with Crippen LogP contribution in [0.15, 0.2) is 47.6 Å². The van der Waals surface area contributed by atoms with Crippen molar-refractivity contribution in [3.63, 3.8) is 0 Å². The topological polar surface area (TPSA) is 69.2 Å². The molecule has 0 bridgehead atoms. The van der Waals surface area contributed by atoms with E-state index in [1.165, 1.54) is 13.3 Å². The summed E-state index contributed by atoms with van der Waals surface area (Å²) in [7, 11) is 4.61. The molecule has 0 aliphatic heterocycles. The molecule has 0 spiro atoms. The smallest absolute Gasteiger partial charge is 0.275 e. The number of hydrogen-bond donors (Lipinski definition) is 1. The van der Waals surface area contributed by atoms with Gasteiger partial charge in [0.15, 0.2) is 0 Å². The first-order valence-electron chi connectivity index (χ1n) is 6.88. The van der Waals surface area contributed by atoms with Crippen molar-refractivity contribution in [2.24, 2.45) is 5.10 Å². The summed E-state index contributed by atoms with van der Waals surface area (Å²) < 4.78 is 15.5. The summed E-state index contributed by atoms with van der Waals surface area (Å²) in [6, 6.07) is 12.3. The molecule has 6 nitrogen and oxygen atoms in total. The van der Waals surface area contributed by atoms with Crippen molar-refractivity contribution in [2.75, 3.05) is 21.3 Å². The van der Waals surface area contributed by atoms with Crippen LogP contribution in [0.5, 0.6) is 17.2 Å². The molecule has 0 radical (unpaired) electrons. The number of carbonyl (C=O) groups excluding carboxylic acids is 1. The van der Waals surface area contributed by atoms with Gasteiger partial charge in [-0.2, -0.15) is 5.10 Å². The van der Waals surface area contributed by atoms with Crippen molar-refractivity contribution in [2.45, 2.75) is 0 Å². The number of hydrazone groups is 1. The molecule has 2 rings (SSSR count). The fourth-order valence-corrected chi connectivity index (χ4v) is 1.98. The molecule has 0 aliphatic carbocycles. The van der Waals surface area contributed by atoms with Crippen molar-refractivity contribution < 1.29 is 19.0 Å². The number of para-hydroxylation sites is 1. The molecule has 0 unspecified atom stereocenters. The van der Waals surface area contributed by atoms with Crippen LogP contribution >= 0.6 is 0 Å². The maximum Gasteiger partial charge on any atom is 0.275 e. The monoisotopic (exact) mass is 314 g/mol. The van der Waals surface area contributed by atoms with Crippen LogP contribution in [-0.4, -0.2) is 33.5 Å². The standard InChI is InChI=1S/C17H18N2O4/c1-21-13-8-9-14(16(10-13)23-3)17(20)19-18-11-12-6-4-5-7-15(12)22-2/h4-11H,1-3H3,(H,19,20)/b18-11-. The number of nitrogens with zero attached hydrogens (tertiary/aromatic N) is 1. The number of methoxy groups -OCH3 is 3. The van der Waals surface area contributed by atoms with Crippen LogP contribution < -0.4 is 19.6 Å². The summed E-state index contributed by atoms with van der Waals surface area (Å²) in [5.74, 6) is 1.31. The highest BCUT2D eigenvalue weighted by Crippen LogP contribution is 2.24. The molecule has 1 amide bonds. The van der Waals surface area contributed by atoms with E-state index in [0.29, 0.717) is 22.8 Å². The van der Waals surface area contributed by atoms with E-state index in [2.05, 4.69) is 10.5 Å². The van der Waals surface area contributed by atoms with Crippen LogP contribution in [0.4, 0.5) is 0 Å². The van der Waals surface area contributed by atoms with Gasteiger partial charge < -0.3 is 14.2 Å². The molecule has 2 aromatic rings. The second-order valence-corrected chi connectivity index (χ2v) is 4.51. The van der Waals surface area contributed by atoms with Gasteiger partial charge in [-0.25, -0.2) is 5.43 Å². The predicted molar refractivity (Wildman–Crippen MR) is 87.6 cm³/mol. The number of hydrogen-bond acceptors (Lipinski definition) is 5. The molecule has 0 heterocycles. The maximum atomic E-state index is 12.2. The van der Waals surface area contributed by atoms with Gasteiger partial charge in [0, 0.05) is 11.6 Å². The van der Waals surface area contributed by atoms with Gasteiger partial charge in [0.25, 0.3) is 5.91 Å². The lowest BCUT2D eigenvalue weighted by Gasteiger charge is -2.09. The molecule has 2 aromatic carbocycles. The minimum absolute atomic E-state index is 0.366. The molecular formula is C17H18N2O4. The number of carbonyl (C=O) groups is 1. The first-order valence-corrected chi connectivity index (χ1v) is 6.88. The number of benzene rings is 2. The van der Waals surface area contributed by atoms with Crippen molar-refractivity contribution in [3.8, 4) is 17.2 Å². The molecule has 0 aromatic heterocycles. The molecule has 1 N–H and O–H groups in total.